The molecule has 1 aliphatic rings. The first-order chi connectivity index (χ1) is 17.4. The SMILES string of the molecule is CCC1c2ccc(CN(C)C)n2CCN1C(=O)COCCN(C)S(=O)(=O)c1cc(C)c(OC)c(C)c1C. The van der Waals surface area contributed by atoms with Gasteiger partial charge >= 0.3 is 0 Å². The van der Waals surface area contributed by atoms with Crippen LogP contribution in [0.25, 0.3) is 0 Å². The first-order valence-corrected chi connectivity index (χ1v) is 14.2. The van der Waals surface area contributed by atoms with Crippen molar-refractivity contribution in [3.05, 3.63) is 46.3 Å². The van der Waals surface area contributed by atoms with Crippen molar-refractivity contribution >= 4 is 15.9 Å². The van der Waals surface area contributed by atoms with Crippen molar-refractivity contribution in [1.82, 2.24) is 18.7 Å². The lowest BCUT2D eigenvalue weighted by atomic mass is 10.1. The number of amides is 1. The molecule has 1 atom stereocenters. The largest absolute Gasteiger partial charge is 0.496 e. The zero-order valence-corrected chi connectivity index (χ0v) is 24.3. The number of methoxy groups -OCH3 is 1. The second-order valence-corrected chi connectivity index (χ2v) is 12.0. The quantitative estimate of drug-likeness (QED) is 0.412. The van der Waals surface area contributed by atoms with Gasteiger partial charge in [0.05, 0.1) is 24.7 Å². The van der Waals surface area contributed by atoms with E-state index >= 15 is 0 Å². The van der Waals surface area contributed by atoms with Gasteiger partial charge in [0.2, 0.25) is 15.9 Å². The van der Waals surface area contributed by atoms with E-state index in [1.54, 1.807) is 20.1 Å². The first kappa shape index (κ1) is 29.2. The van der Waals surface area contributed by atoms with Crippen LogP contribution < -0.4 is 4.74 Å². The van der Waals surface area contributed by atoms with Gasteiger partial charge in [0.15, 0.2) is 0 Å². The monoisotopic (exact) mass is 534 g/mol. The van der Waals surface area contributed by atoms with Crippen LogP contribution in [0.15, 0.2) is 23.1 Å². The van der Waals surface area contributed by atoms with E-state index < -0.39 is 10.0 Å². The lowest BCUT2D eigenvalue weighted by Crippen LogP contribution is -2.44. The van der Waals surface area contributed by atoms with Gasteiger partial charge in [-0.2, -0.15) is 4.31 Å². The van der Waals surface area contributed by atoms with E-state index in [1.165, 1.54) is 17.0 Å². The second-order valence-electron chi connectivity index (χ2n) is 10.0. The van der Waals surface area contributed by atoms with Crippen LogP contribution in [0, 0.1) is 20.8 Å². The molecule has 1 aliphatic heterocycles. The Balaban J connectivity index is 1.59. The Morgan fingerprint density at radius 1 is 1.11 bits per heavy atom. The lowest BCUT2D eigenvalue weighted by Gasteiger charge is -2.37. The summed E-state index contributed by atoms with van der Waals surface area (Å²) in [7, 11) is 3.50. The molecule has 1 unspecified atom stereocenters. The minimum absolute atomic E-state index is 0.00772. The van der Waals surface area contributed by atoms with Crippen LogP contribution >= 0.6 is 0 Å². The predicted octanol–water partition coefficient (Wildman–Crippen LogP) is 3.11. The molecular weight excluding hydrogens is 492 g/mol. The van der Waals surface area contributed by atoms with E-state index in [1.807, 2.05) is 18.7 Å². The maximum Gasteiger partial charge on any atom is 0.249 e. The summed E-state index contributed by atoms with van der Waals surface area (Å²) < 4.78 is 41.2. The highest BCUT2D eigenvalue weighted by atomic mass is 32.2. The van der Waals surface area contributed by atoms with Gasteiger partial charge in [-0.15, -0.1) is 0 Å². The number of aromatic nitrogens is 1. The molecule has 2 heterocycles. The third-order valence-electron chi connectivity index (χ3n) is 7.22. The zero-order valence-electron chi connectivity index (χ0n) is 23.5. The fourth-order valence-corrected chi connectivity index (χ4v) is 6.65. The molecule has 0 N–H and O–H groups in total. The van der Waals surface area contributed by atoms with Gasteiger partial charge in [0.25, 0.3) is 0 Å². The van der Waals surface area contributed by atoms with E-state index in [4.69, 9.17) is 9.47 Å². The Morgan fingerprint density at radius 2 is 1.81 bits per heavy atom. The Labute approximate surface area is 222 Å². The summed E-state index contributed by atoms with van der Waals surface area (Å²) in [5, 5.41) is 0. The van der Waals surface area contributed by atoms with E-state index in [2.05, 4.69) is 42.6 Å². The number of nitrogens with zero attached hydrogens (tertiary/aromatic N) is 4. The molecule has 0 saturated heterocycles. The second kappa shape index (κ2) is 12.0. The van der Waals surface area contributed by atoms with Crippen LogP contribution in [0.4, 0.5) is 0 Å². The highest BCUT2D eigenvalue weighted by Gasteiger charge is 2.31. The molecule has 0 aliphatic carbocycles. The summed E-state index contributed by atoms with van der Waals surface area (Å²) >= 11 is 0. The first-order valence-electron chi connectivity index (χ1n) is 12.7. The van der Waals surface area contributed by atoms with Crippen LogP contribution in [0.2, 0.25) is 0 Å². The third-order valence-corrected chi connectivity index (χ3v) is 9.20. The summed E-state index contributed by atoms with van der Waals surface area (Å²) in [5.41, 5.74) is 4.66. The van der Waals surface area contributed by atoms with Crippen LogP contribution in [0.3, 0.4) is 0 Å². The molecule has 1 aromatic carbocycles. The van der Waals surface area contributed by atoms with Crippen molar-refractivity contribution in [3.8, 4) is 5.75 Å². The molecule has 3 rings (SSSR count). The van der Waals surface area contributed by atoms with Gasteiger partial charge < -0.3 is 23.8 Å². The Morgan fingerprint density at radius 3 is 2.43 bits per heavy atom. The Bertz CT molecular complexity index is 1220. The number of rotatable bonds is 11. The van der Waals surface area contributed by atoms with Crippen LogP contribution in [0.5, 0.6) is 5.75 Å². The summed E-state index contributed by atoms with van der Waals surface area (Å²) in [5.74, 6) is 0.626. The number of aryl methyl sites for hydroxylation is 1. The molecule has 1 aromatic heterocycles. The van der Waals surface area contributed by atoms with Crippen LogP contribution in [0.1, 0.15) is 47.5 Å². The molecule has 37 heavy (non-hydrogen) atoms. The lowest BCUT2D eigenvalue weighted by molar-refractivity contribution is -0.140. The van der Waals surface area contributed by atoms with Crippen molar-refractivity contribution in [1.29, 1.82) is 0 Å². The van der Waals surface area contributed by atoms with Crippen molar-refractivity contribution in [2.45, 2.75) is 58.1 Å². The number of hydrogen-bond donors (Lipinski definition) is 0. The minimum atomic E-state index is -3.72. The van der Waals surface area contributed by atoms with Crippen molar-refractivity contribution in [2.75, 3.05) is 54.6 Å². The summed E-state index contributed by atoms with van der Waals surface area (Å²) in [6.45, 7) is 10.0. The molecule has 2 aromatic rings. The van der Waals surface area contributed by atoms with Gasteiger partial charge in [0, 0.05) is 44.6 Å². The fourth-order valence-electron chi connectivity index (χ4n) is 5.13. The molecule has 9 nitrogen and oxygen atoms in total. The van der Waals surface area contributed by atoms with Gasteiger partial charge in [-0.05, 0) is 76.2 Å². The summed E-state index contributed by atoms with van der Waals surface area (Å²) in [6, 6.07) is 5.93. The Hall–Kier alpha value is -2.40. The van der Waals surface area contributed by atoms with E-state index in [-0.39, 0.29) is 36.6 Å². The smallest absolute Gasteiger partial charge is 0.249 e. The number of ether oxygens (including phenoxy) is 2. The number of sulfonamides is 1. The maximum absolute atomic E-state index is 13.2. The number of carbonyl (C=O) groups is 1. The van der Waals surface area contributed by atoms with E-state index in [0.29, 0.717) is 17.9 Å². The van der Waals surface area contributed by atoms with Gasteiger partial charge in [-0.25, -0.2) is 8.42 Å². The molecule has 0 spiro atoms. The topological polar surface area (TPSA) is 84.3 Å². The number of hydrogen-bond acceptors (Lipinski definition) is 6. The van der Waals surface area contributed by atoms with Gasteiger partial charge in [-0.3, -0.25) is 4.79 Å². The normalized spacial score (nSPS) is 15.9. The van der Waals surface area contributed by atoms with Crippen LogP contribution in [-0.2, 0) is 32.6 Å². The maximum atomic E-state index is 13.2. The molecule has 0 saturated carbocycles. The molecule has 10 heteroatoms. The Kier molecular flexibility index (Phi) is 9.44. The third kappa shape index (κ3) is 6.03. The predicted molar refractivity (Wildman–Crippen MR) is 144 cm³/mol. The molecule has 0 bridgehead atoms. The number of carbonyl (C=O) groups excluding carboxylic acids is 1. The van der Waals surface area contributed by atoms with Crippen LogP contribution in [-0.4, -0.2) is 87.6 Å². The molecule has 0 fully saturated rings. The van der Waals surface area contributed by atoms with E-state index in [9.17, 15) is 13.2 Å². The highest BCUT2D eigenvalue weighted by Crippen LogP contribution is 2.32. The molecule has 1 amide bonds. The number of benzene rings is 1. The van der Waals surface area contributed by atoms with Crippen molar-refractivity contribution < 1.29 is 22.7 Å². The highest BCUT2D eigenvalue weighted by molar-refractivity contribution is 7.89. The number of fused-ring (bicyclic) bond motifs is 1. The fraction of sp³-hybridized carbons (Fsp3) is 0.593. The minimum Gasteiger partial charge on any atom is -0.496 e. The summed E-state index contributed by atoms with van der Waals surface area (Å²) in [4.78, 5) is 17.3. The van der Waals surface area contributed by atoms with E-state index in [0.717, 1.165) is 36.3 Å². The average molecular weight is 535 g/mol. The van der Waals surface area contributed by atoms with Crippen molar-refractivity contribution in [3.63, 3.8) is 0 Å². The molecule has 206 valence electrons. The standard InChI is InChI=1S/C27H42N4O5S/c1-9-23-24-11-10-22(17-28(5)6)30(24)12-13-31(23)26(32)18-36-15-14-29(7)37(33,34)25-16-19(2)27(35-8)21(4)20(25)3/h10-11,16,23H,9,12-15,17-18H2,1-8H3. The molecular formula is C27H42N4O5S. The zero-order chi connectivity index (χ0) is 27.5. The van der Waals surface area contributed by atoms with Gasteiger partial charge in [0.1, 0.15) is 12.4 Å². The van der Waals surface area contributed by atoms with Crippen molar-refractivity contribution in [2.24, 2.45) is 0 Å². The number of likely N-dealkylation sites (N-methyl/N-ethyl adjacent to an activating group) is 1. The summed E-state index contributed by atoms with van der Waals surface area (Å²) in [6.07, 6.45) is 0.818. The average Bonchev–Trinajstić information content (AvgIpc) is 3.25. The molecule has 0 radical (unpaired) electrons. The van der Waals surface area contributed by atoms with Gasteiger partial charge in [-0.1, -0.05) is 6.92 Å².